The number of carbonyl (C=O) groups excluding carboxylic acids is 1. The van der Waals surface area contributed by atoms with E-state index < -0.39 is 0 Å². The first-order valence-electron chi connectivity index (χ1n) is 8.58. The fourth-order valence-corrected chi connectivity index (χ4v) is 3.29. The Balaban J connectivity index is 1.72. The third-order valence-corrected chi connectivity index (χ3v) is 4.61. The molecule has 0 saturated heterocycles. The SMILES string of the molecule is CC(C)Cn1c(SCC(=O)Nc2cccc(O)c2)nnc1-c1cccnc1. The van der Waals surface area contributed by atoms with E-state index in [1.54, 1.807) is 30.6 Å². The molecule has 3 aromatic rings. The molecule has 3 rings (SSSR count). The summed E-state index contributed by atoms with van der Waals surface area (Å²) in [5, 5.41) is 21.5. The number of phenols is 1. The Labute approximate surface area is 161 Å². The van der Waals surface area contributed by atoms with Gasteiger partial charge in [-0.2, -0.15) is 0 Å². The van der Waals surface area contributed by atoms with Crippen molar-refractivity contribution in [2.24, 2.45) is 5.92 Å². The van der Waals surface area contributed by atoms with E-state index in [9.17, 15) is 9.90 Å². The van der Waals surface area contributed by atoms with Gasteiger partial charge in [0.25, 0.3) is 0 Å². The average Bonchev–Trinajstić information content (AvgIpc) is 3.02. The van der Waals surface area contributed by atoms with Crippen molar-refractivity contribution < 1.29 is 9.90 Å². The number of benzene rings is 1. The van der Waals surface area contributed by atoms with Crippen LogP contribution in [0.15, 0.2) is 53.9 Å². The fraction of sp³-hybridized carbons (Fsp3) is 0.263. The highest BCUT2D eigenvalue weighted by molar-refractivity contribution is 7.99. The smallest absolute Gasteiger partial charge is 0.234 e. The molecule has 0 fully saturated rings. The Morgan fingerprint density at radius 2 is 2.11 bits per heavy atom. The van der Waals surface area contributed by atoms with E-state index in [2.05, 4.69) is 34.3 Å². The number of pyridine rings is 1. The standard InChI is InChI=1S/C19H21N5O2S/c1-13(2)11-24-18(14-5-4-8-20-10-14)22-23-19(24)27-12-17(26)21-15-6-3-7-16(25)9-15/h3-10,13,25H,11-12H2,1-2H3,(H,21,26). The quantitative estimate of drug-likeness (QED) is 0.607. The van der Waals surface area contributed by atoms with E-state index >= 15 is 0 Å². The van der Waals surface area contributed by atoms with Gasteiger partial charge in [0.1, 0.15) is 5.75 Å². The average molecular weight is 383 g/mol. The highest BCUT2D eigenvalue weighted by Crippen LogP contribution is 2.25. The second-order valence-corrected chi connectivity index (χ2v) is 7.38. The number of hydrogen-bond acceptors (Lipinski definition) is 6. The molecule has 7 nitrogen and oxygen atoms in total. The molecule has 2 aromatic heterocycles. The predicted octanol–water partition coefficient (Wildman–Crippen LogP) is 3.43. The van der Waals surface area contributed by atoms with Crippen LogP contribution in [0.5, 0.6) is 5.75 Å². The first-order chi connectivity index (χ1) is 13.0. The number of nitrogens with one attached hydrogen (secondary N) is 1. The van der Waals surface area contributed by atoms with Crippen molar-refractivity contribution in [2.75, 3.05) is 11.1 Å². The second-order valence-electron chi connectivity index (χ2n) is 6.44. The molecule has 140 valence electrons. The normalized spacial score (nSPS) is 10.9. The van der Waals surface area contributed by atoms with Gasteiger partial charge in [-0.15, -0.1) is 10.2 Å². The van der Waals surface area contributed by atoms with Crippen LogP contribution in [-0.2, 0) is 11.3 Å². The highest BCUT2D eigenvalue weighted by atomic mass is 32.2. The van der Waals surface area contributed by atoms with Gasteiger partial charge in [-0.1, -0.05) is 31.7 Å². The molecule has 0 unspecified atom stereocenters. The molecule has 1 amide bonds. The van der Waals surface area contributed by atoms with Crippen molar-refractivity contribution in [3.05, 3.63) is 48.8 Å². The van der Waals surface area contributed by atoms with Gasteiger partial charge in [0, 0.05) is 36.3 Å². The zero-order valence-corrected chi connectivity index (χ0v) is 16.0. The van der Waals surface area contributed by atoms with Crippen LogP contribution in [0.2, 0.25) is 0 Å². The van der Waals surface area contributed by atoms with Crippen LogP contribution < -0.4 is 5.32 Å². The lowest BCUT2D eigenvalue weighted by Gasteiger charge is -2.12. The first kappa shape index (κ1) is 18.9. The van der Waals surface area contributed by atoms with Gasteiger partial charge in [0.15, 0.2) is 11.0 Å². The second kappa shape index (κ2) is 8.68. The van der Waals surface area contributed by atoms with Crippen LogP contribution in [0.1, 0.15) is 13.8 Å². The van der Waals surface area contributed by atoms with Crippen molar-refractivity contribution in [1.29, 1.82) is 0 Å². The summed E-state index contributed by atoms with van der Waals surface area (Å²) in [6.07, 6.45) is 3.47. The molecule has 8 heteroatoms. The molecule has 2 N–H and O–H groups in total. The number of phenolic OH excluding ortho intramolecular Hbond substituents is 1. The van der Waals surface area contributed by atoms with Gasteiger partial charge in [0.2, 0.25) is 5.91 Å². The van der Waals surface area contributed by atoms with Crippen LogP contribution in [0, 0.1) is 5.92 Å². The third kappa shape index (κ3) is 5.07. The minimum atomic E-state index is -0.173. The molecule has 0 aliphatic heterocycles. The van der Waals surface area contributed by atoms with Gasteiger partial charge in [-0.25, -0.2) is 0 Å². The number of thioether (sulfide) groups is 1. The van der Waals surface area contributed by atoms with Crippen molar-refractivity contribution in [3.63, 3.8) is 0 Å². The number of amides is 1. The molecule has 0 atom stereocenters. The Morgan fingerprint density at radius 3 is 2.81 bits per heavy atom. The van der Waals surface area contributed by atoms with Crippen molar-refractivity contribution in [2.45, 2.75) is 25.5 Å². The number of rotatable bonds is 7. The topological polar surface area (TPSA) is 92.9 Å². The number of hydrogen-bond donors (Lipinski definition) is 2. The lowest BCUT2D eigenvalue weighted by molar-refractivity contribution is -0.113. The monoisotopic (exact) mass is 383 g/mol. The lowest BCUT2D eigenvalue weighted by Crippen LogP contribution is -2.15. The van der Waals surface area contributed by atoms with E-state index in [0.29, 0.717) is 16.8 Å². The van der Waals surface area contributed by atoms with E-state index in [1.165, 1.54) is 17.8 Å². The molecule has 0 bridgehead atoms. The fourth-order valence-electron chi connectivity index (χ4n) is 2.54. The Morgan fingerprint density at radius 1 is 1.26 bits per heavy atom. The van der Waals surface area contributed by atoms with E-state index in [4.69, 9.17) is 0 Å². The van der Waals surface area contributed by atoms with Gasteiger partial charge in [-0.3, -0.25) is 9.78 Å². The van der Waals surface area contributed by atoms with Gasteiger partial charge >= 0.3 is 0 Å². The predicted molar refractivity (Wildman–Crippen MR) is 106 cm³/mol. The minimum Gasteiger partial charge on any atom is -0.508 e. The summed E-state index contributed by atoms with van der Waals surface area (Å²) in [6.45, 7) is 4.99. The molecule has 27 heavy (non-hydrogen) atoms. The van der Waals surface area contributed by atoms with Crippen molar-refractivity contribution in [3.8, 4) is 17.1 Å². The molecule has 0 aliphatic carbocycles. The number of carbonyl (C=O) groups is 1. The van der Waals surface area contributed by atoms with Crippen LogP contribution in [0.25, 0.3) is 11.4 Å². The summed E-state index contributed by atoms with van der Waals surface area (Å²) in [5.41, 5.74) is 1.45. The zero-order chi connectivity index (χ0) is 19.2. The number of nitrogens with zero attached hydrogens (tertiary/aromatic N) is 4. The molecule has 1 aromatic carbocycles. The molecular weight excluding hydrogens is 362 g/mol. The maximum Gasteiger partial charge on any atom is 0.234 e. The number of anilines is 1. The van der Waals surface area contributed by atoms with E-state index in [0.717, 1.165) is 17.9 Å². The minimum absolute atomic E-state index is 0.109. The van der Waals surface area contributed by atoms with Gasteiger partial charge in [0.05, 0.1) is 5.75 Å². The molecule has 0 spiro atoms. The Kier molecular flexibility index (Phi) is 6.08. The summed E-state index contributed by atoms with van der Waals surface area (Å²) in [6, 6.07) is 10.3. The van der Waals surface area contributed by atoms with E-state index in [-0.39, 0.29) is 17.4 Å². The number of aromatic nitrogens is 4. The van der Waals surface area contributed by atoms with Crippen LogP contribution in [0.4, 0.5) is 5.69 Å². The maximum absolute atomic E-state index is 12.2. The van der Waals surface area contributed by atoms with E-state index in [1.807, 2.05) is 16.7 Å². The first-order valence-corrected chi connectivity index (χ1v) is 9.57. The Bertz CT molecular complexity index is 911. The summed E-state index contributed by atoms with van der Waals surface area (Å²) in [5.74, 6) is 1.27. The summed E-state index contributed by atoms with van der Waals surface area (Å²) in [4.78, 5) is 16.4. The molecular formula is C19H21N5O2S. The zero-order valence-electron chi connectivity index (χ0n) is 15.2. The Hall–Kier alpha value is -2.87. The molecule has 0 saturated carbocycles. The van der Waals surface area contributed by atoms with Gasteiger partial charge < -0.3 is 15.0 Å². The van der Waals surface area contributed by atoms with Crippen LogP contribution >= 0.6 is 11.8 Å². The molecule has 0 radical (unpaired) electrons. The summed E-state index contributed by atoms with van der Waals surface area (Å²) >= 11 is 1.33. The van der Waals surface area contributed by atoms with Crippen LogP contribution in [0.3, 0.4) is 0 Å². The summed E-state index contributed by atoms with van der Waals surface area (Å²) < 4.78 is 2.02. The molecule has 2 heterocycles. The van der Waals surface area contributed by atoms with Crippen molar-refractivity contribution >= 4 is 23.4 Å². The van der Waals surface area contributed by atoms with Crippen LogP contribution in [-0.4, -0.2) is 36.5 Å². The highest BCUT2D eigenvalue weighted by Gasteiger charge is 2.16. The third-order valence-electron chi connectivity index (χ3n) is 3.65. The lowest BCUT2D eigenvalue weighted by atomic mass is 10.2. The largest absolute Gasteiger partial charge is 0.508 e. The van der Waals surface area contributed by atoms with Gasteiger partial charge in [-0.05, 0) is 30.2 Å². The van der Waals surface area contributed by atoms with Crippen molar-refractivity contribution in [1.82, 2.24) is 19.7 Å². The maximum atomic E-state index is 12.2. The summed E-state index contributed by atoms with van der Waals surface area (Å²) in [7, 11) is 0. The molecule has 0 aliphatic rings. The number of aromatic hydroxyl groups is 1.